The van der Waals surface area contributed by atoms with Gasteiger partial charge in [0.05, 0.1) is 6.04 Å². The van der Waals surface area contributed by atoms with Gasteiger partial charge in [-0.3, -0.25) is 0 Å². The zero-order chi connectivity index (χ0) is 23.7. The number of amides is 2. The van der Waals surface area contributed by atoms with E-state index in [2.05, 4.69) is 65.2 Å². The van der Waals surface area contributed by atoms with Crippen molar-refractivity contribution in [3.63, 3.8) is 0 Å². The van der Waals surface area contributed by atoms with Crippen LogP contribution in [0.3, 0.4) is 0 Å². The molecule has 0 saturated carbocycles. The van der Waals surface area contributed by atoms with E-state index in [0.29, 0.717) is 12.6 Å². The Kier molecular flexibility index (Phi) is 6.75. The molecule has 2 aromatic rings. The van der Waals surface area contributed by atoms with Crippen LogP contribution in [0.25, 0.3) is 0 Å². The average Bonchev–Trinajstić information content (AvgIpc) is 2.86. The zero-order valence-corrected chi connectivity index (χ0v) is 20.7. The van der Waals surface area contributed by atoms with Crippen LogP contribution in [-0.2, 0) is 17.7 Å². The van der Waals surface area contributed by atoms with Gasteiger partial charge in [-0.25, -0.2) is 9.78 Å². The number of hydrogen-bond donors (Lipinski definition) is 1. The minimum atomic E-state index is 0.0744. The van der Waals surface area contributed by atoms with Gasteiger partial charge in [-0.15, -0.1) is 0 Å². The Morgan fingerprint density at radius 2 is 1.88 bits per heavy atom. The number of ether oxygens (including phenoxy) is 1. The highest BCUT2D eigenvalue weighted by Crippen LogP contribution is 2.32. The topological polar surface area (TPSA) is 60.9 Å². The molecule has 2 atom stereocenters. The molecule has 1 aromatic heterocycles. The molecule has 0 radical (unpaired) electrons. The summed E-state index contributed by atoms with van der Waals surface area (Å²) < 4.78 is 5.50. The molecule has 182 valence electrons. The molecule has 5 rings (SSSR count). The van der Waals surface area contributed by atoms with Crippen LogP contribution >= 0.6 is 0 Å². The number of nitrogens with zero attached hydrogens (tertiary/aromatic N) is 4. The Balaban J connectivity index is 1.38. The van der Waals surface area contributed by atoms with Gasteiger partial charge in [0.15, 0.2) is 0 Å². The summed E-state index contributed by atoms with van der Waals surface area (Å²) in [6, 6.07) is 11.2. The maximum absolute atomic E-state index is 14.0. The average molecular weight is 464 g/mol. The Bertz CT molecular complexity index is 1010. The fraction of sp³-hybridized carbons (Fsp3) is 0.556. The lowest BCUT2D eigenvalue weighted by Gasteiger charge is -2.45. The van der Waals surface area contributed by atoms with Crippen molar-refractivity contribution in [2.75, 3.05) is 45.2 Å². The van der Waals surface area contributed by atoms with E-state index in [1.54, 1.807) is 0 Å². The molecule has 7 nitrogen and oxygen atoms in total. The van der Waals surface area contributed by atoms with Crippen molar-refractivity contribution in [1.82, 2.24) is 19.7 Å². The first-order valence-corrected chi connectivity index (χ1v) is 12.6. The first-order chi connectivity index (χ1) is 16.5. The van der Waals surface area contributed by atoms with Gasteiger partial charge in [-0.2, -0.15) is 0 Å². The van der Waals surface area contributed by atoms with Crippen LogP contribution in [0.1, 0.15) is 48.1 Å². The molecule has 2 saturated heterocycles. The molecule has 3 aliphatic rings. The highest BCUT2D eigenvalue weighted by atomic mass is 16.5. The predicted octanol–water partition coefficient (Wildman–Crippen LogP) is 3.84. The number of benzene rings is 1. The van der Waals surface area contributed by atoms with Gasteiger partial charge in [0.25, 0.3) is 0 Å². The number of carbonyl (C=O) groups is 1. The molecule has 0 aliphatic carbocycles. The van der Waals surface area contributed by atoms with Crippen molar-refractivity contribution in [3.8, 4) is 0 Å². The standard InChI is InChI=1S/C27H37N5O2/c1-19-15-22-16-28-26(29-23-9-13-34-14-10-23)20(2)24(22)17-32(19)27(33)31-12-11-30(3)18-25(31)21-7-5-4-6-8-21/h4-8,16,19,23,25H,9-15,17-18H2,1-3H3,(H,28,29)/t19-,25+/m0/s1. The summed E-state index contributed by atoms with van der Waals surface area (Å²) in [7, 11) is 2.14. The first kappa shape index (κ1) is 23.1. The first-order valence-electron chi connectivity index (χ1n) is 12.6. The van der Waals surface area contributed by atoms with Crippen molar-refractivity contribution in [2.45, 2.75) is 57.8 Å². The van der Waals surface area contributed by atoms with Gasteiger partial charge in [0.1, 0.15) is 5.82 Å². The maximum Gasteiger partial charge on any atom is 0.321 e. The van der Waals surface area contributed by atoms with E-state index in [1.807, 2.05) is 12.3 Å². The maximum atomic E-state index is 14.0. The SMILES string of the molecule is Cc1c(NC2CCOCC2)ncc2c1CN(C(=O)N1CCN(C)C[C@@H]1c1ccccc1)[C@@H](C)C2. The van der Waals surface area contributed by atoms with Gasteiger partial charge < -0.3 is 24.8 Å². The summed E-state index contributed by atoms with van der Waals surface area (Å²) >= 11 is 0. The van der Waals surface area contributed by atoms with Crippen molar-refractivity contribution in [3.05, 3.63) is 58.8 Å². The fourth-order valence-electron chi connectivity index (χ4n) is 5.56. The number of fused-ring (bicyclic) bond motifs is 1. The van der Waals surface area contributed by atoms with E-state index in [1.165, 1.54) is 22.3 Å². The fourth-order valence-corrected chi connectivity index (χ4v) is 5.56. The number of piperazine rings is 1. The van der Waals surface area contributed by atoms with Crippen molar-refractivity contribution < 1.29 is 9.53 Å². The Morgan fingerprint density at radius 1 is 1.12 bits per heavy atom. The summed E-state index contributed by atoms with van der Waals surface area (Å²) in [5, 5.41) is 3.64. The van der Waals surface area contributed by atoms with Crippen LogP contribution in [-0.4, -0.2) is 77.7 Å². The van der Waals surface area contributed by atoms with Gasteiger partial charge >= 0.3 is 6.03 Å². The molecule has 0 unspecified atom stereocenters. The van der Waals surface area contributed by atoms with Crippen LogP contribution in [0.4, 0.5) is 10.6 Å². The van der Waals surface area contributed by atoms with Crippen LogP contribution in [0.2, 0.25) is 0 Å². The molecular formula is C27H37N5O2. The highest BCUT2D eigenvalue weighted by molar-refractivity contribution is 5.76. The molecule has 0 spiro atoms. The van der Waals surface area contributed by atoms with Gasteiger partial charge in [-0.05, 0) is 62.4 Å². The predicted molar refractivity (Wildman–Crippen MR) is 134 cm³/mol. The van der Waals surface area contributed by atoms with E-state index in [-0.39, 0.29) is 18.1 Å². The lowest BCUT2D eigenvalue weighted by atomic mass is 9.93. The van der Waals surface area contributed by atoms with Crippen molar-refractivity contribution in [2.24, 2.45) is 0 Å². The summed E-state index contributed by atoms with van der Waals surface area (Å²) in [5.41, 5.74) is 4.90. The van der Waals surface area contributed by atoms with Crippen LogP contribution in [0.5, 0.6) is 0 Å². The summed E-state index contributed by atoms with van der Waals surface area (Å²) in [6.45, 7) is 9.06. The molecule has 3 aliphatic heterocycles. The Morgan fingerprint density at radius 3 is 2.65 bits per heavy atom. The Labute approximate surface area is 203 Å². The quantitative estimate of drug-likeness (QED) is 0.750. The second-order valence-electron chi connectivity index (χ2n) is 10.1. The number of pyridine rings is 1. The highest BCUT2D eigenvalue weighted by Gasteiger charge is 2.37. The molecule has 2 amide bonds. The normalized spacial score (nSPS) is 24.1. The third kappa shape index (κ3) is 4.64. The molecule has 0 bridgehead atoms. The minimum absolute atomic E-state index is 0.0744. The largest absolute Gasteiger partial charge is 0.381 e. The second-order valence-corrected chi connectivity index (χ2v) is 10.1. The van der Waals surface area contributed by atoms with Gasteiger partial charge in [0.2, 0.25) is 0 Å². The Hall–Kier alpha value is -2.64. The minimum Gasteiger partial charge on any atom is -0.381 e. The molecule has 2 fully saturated rings. The second kappa shape index (κ2) is 9.92. The lowest BCUT2D eigenvalue weighted by molar-refractivity contribution is 0.0721. The van der Waals surface area contributed by atoms with Crippen LogP contribution in [0, 0.1) is 6.92 Å². The van der Waals surface area contributed by atoms with Crippen molar-refractivity contribution in [1.29, 1.82) is 0 Å². The number of likely N-dealkylation sites (N-methyl/N-ethyl adjacent to an activating group) is 1. The van der Waals surface area contributed by atoms with E-state index < -0.39 is 0 Å². The lowest BCUT2D eigenvalue weighted by Crippen LogP contribution is -2.56. The summed E-state index contributed by atoms with van der Waals surface area (Å²) in [5.74, 6) is 0.953. The van der Waals surface area contributed by atoms with Crippen molar-refractivity contribution >= 4 is 11.8 Å². The van der Waals surface area contributed by atoms with E-state index in [0.717, 1.165) is 57.9 Å². The number of hydrogen-bond acceptors (Lipinski definition) is 5. The molecule has 7 heteroatoms. The van der Waals surface area contributed by atoms with Gasteiger partial charge in [-0.1, -0.05) is 30.3 Å². The van der Waals surface area contributed by atoms with Crippen LogP contribution in [0.15, 0.2) is 36.5 Å². The molecule has 4 heterocycles. The number of carbonyl (C=O) groups excluding carboxylic acids is 1. The number of anilines is 1. The molecule has 34 heavy (non-hydrogen) atoms. The third-order valence-corrected chi connectivity index (χ3v) is 7.74. The molecule has 1 aromatic carbocycles. The van der Waals surface area contributed by atoms with Gasteiger partial charge in [0, 0.05) is 57.7 Å². The third-order valence-electron chi connectivity index (χ3n) is 7.74. The monoisotopic (exact) mass is 463 g/mol. The van der Waals surface area contributed by atoms with E-state index in [4.69, 9.17) is 9.72 Å². The van der Waals surface area contributed by atoms with E-state index >= 15 is 0 Å². The number of nitrogens with one attached hydrogen (secondary N) is 1. The number of aromatic nitrogens is 1. The summed E-state index contributed by atoms with van der Waals surface area (Å²) in [6.07, 6.45) is 4.87. The van der Waals surface area contributed by atoms with E-state index in [9.17, 15) is 4.79 Å². The van der Waals surface area contributed by atoms with Crippen LogP contribution < -0.4 is 5.32 Å². The molecular weight excluding hydrogens is 426 g/mol. The number of rotatable bonds is 3. The zero-order valence-electron chi connectivity index (χ0n) is 20.7. The smallest absolute Gasteiger partial charge is 0.321 e. The molecule has 1 N–H and O–H groups in total. The summed E-state index contributed by atoms with van der Waals surface area (Å²) in [4.78, 5) is 25.2. The number of urea groups is 1.